The normalized spacial score (nSPS) is 10.7. The molecule has 7 heteroatoms. The van der Waals surface area contributed by atoms with Gasteiger partial charge >= 0.3 is 0 Å². The second-order valence-corrected chi connectivity index (χ2v) is 5.34. The molecule has 0 radical (unpaired) electrons. The molecule has 2 heterocycles. The minimum Gasteiger partial charge on any atom is -0.366 e. The van der Waals surface area contributed by atoms with E-state index in [-0.39, 0.29) is 11.0 Å². The van der Waals surface area contributed by atoms with Crippen molar-refractivity contribution < 1.29 is 4.39 Å². The number of hydrogen-bond donors (Lipinski definition) is 1. The maximum absolute atomic E-state index is 14.1. The predicted molar refractivity (Wildman–Crippen MR) is 85.1 cm³/mol. The van der Waals surface area contributed by atoms with Crippen molar-refractivity contribution in [3.8, 4) is 5.69 Å². The zero-order chi connectivity index (χ0) is 15.5. The second kappa shape index (κ2) is 6.34. The van der Waals surface area contributed by atoms with Gasteiger partial charge in [0.05, 0.1) is 17.0 Å². The summed E-state index contributed by atoms with van der Waals surface area (Å²) in [5, 5.41) is 3.69. The van der Waals surface area contributed by atoms with Gasteiger partial charge in [-0.1, -0.05) is 29.3 Å². The summed E-state index contributed by atoms with van der Waals surface area (Å²) in [6.45, 7) is 0.423. The van der Waals surface area contributed by atoms with E-state index < -0.39 is 0 Å². The van der Waals surface area contributed by atoms with Crippen molar-refractivity contribution >= 4 is 29.0 Å². The van der Waals surface area contributed by atoms with Crippen molar-refractivity contribution in [1.82, 2.24) is 14.5 Å². The molecule has 1 N–H and O–H groups in total. The van der Waals surface area contributed by atoms with Crippen LogP contribution >= 0.6 is 23.2 Å². The van der Waals surface area contributed by atoms with Crippen LogP contribution in [0.5, 0.6) is 0 Å². The Hall–Kier alpha value is -2.11. The van der Waals surface area contributed by atoms with Crippen molar-refractivity contribution in [3.05, 3.63) is 70.6 Å². The monoisotopic (exact) mass is 336 g/mol. The first-order chi connectivity index (χ1) is 10.6. The molecule has 22 heavy (non-hydrogen) atoms. The van der Waals surface area contributed by atoms with E-state index in [0.29, 0.717) is 23.1 Å². The van der Waals surface area contributed by atoms with Crippen LogP contribution in [0, 0.1) is 5.82 Å². The molecule has 2 aromatic heterocycles. The molecule has 0 aliphatic heterocycles. The zero-order valence-corrected chi connectivity index (χ0v) is 12.8. The molecule has 3 aromatic rings. The fourth-order valence-electron chi connectivity index (χ4n) is 1.98. The minimum absolute atomic E-state index is 0.230. The molecule has 0 saturated carbocycles. The van der Waals surface area contributed by atoms with Gasteiger partial charge in [-0.25, -0.2) is 14.4 Å². The molecule has 0 bridgehead atoms. The van der Waals surface area contributed by atoms with E-state index in [1.807, 2.05) is 6.07 Å². The third-order valence-corrected chi connectivity index (χ3v) is 3.76. The molecule has 0 unspecified atom stereocenters. The lowest BCUT2D eigenvalue weighted by Crippen LogP contribution is -2.03. The van der Waals surface area contributed by atoms with Crippen molar-refractivity contribution in [1.29, 1.82) is 0 Å². The maximum Gasteiger partial charge on any atom is 0.150 e. The first-order valence-electron chi connectivity index (χ1n) is 6.46. The van der Waals surface area contributed by atoms with Crippen LogP contribution in [0.4, 0.5) is 10.2 Å². The van der Waals surface area contributed by atoms with Crippen LogP contribution in [-0.2, 0) is 6.54 Å². The number of benzene rings is 1. The van der Waals surface area contributed by atoms with Gasteiger partial charge in [-0.2, -0.15) is 0 Å². The molecular formula is C15H11Cl2FN4. The third kappa shape index (κ3) is 3.21. The zero-order valence-electron chi connectivity index (χ0n) is 11.3. The lowest BCUT2D eigenvalue weighted by Gasteiger charge is -2.09. The standard InChI is InChI=1S/C15H11Cl2FN4/c16-11-2-4-14(21-15(11)17)20-8-10-1-3-13(12(18)7-10)22-6-5-19-9-22/h1-7,9H,8H2,(H,20,21). The molecule has 3 rings (SSSR count). The van der Waals surface area contributed by atoms with Crippen molar-refractivity contribution in [2.24, 2.45) is 0 Å². The van der Waals surface area contributed by atoms with E-state index in [4.69, 9.17) is 23.2 Å². The van der Waals surface area contributed by atoms with E-state index in [1.54, 1.807) is 41.5 Å². The Balaban J connectivity index is 1.73. The highest BCUT2D eigenvalue weighted by molar-refractivity contribution is 6.41. The van der Waals surface area contributed by atoms with Gasteiger partial charge in [0.25, 0.3) is 0 Å². The number of imidazole rings is 1. The van der Waals surface area contributed by atoms with Crippen LogP contribution in [0.3, 0.4) is 0 Å². The molecule has 0 atom stereocenters. The summed E-state index contributed by atoms with van der Waals surface area (Å²) in [4.78, 5) is 7.99. The fraction of sp³-hybridized carbons (Fsp3) is 0.0667. The van der Waals surface area contributed by atoms with E-state index in [9.17, 15) is 4.39 Å². The van der Waals surface area contributed by atoms with Crippen LogP contribution in [0.25, 0.3) is 5.69 Å². The number of nitrogens with zero attached hydrogens (tertiary/aromatic N) is 3. The highest BCUT2D eigenvalue weighted by Crippen LogP contribution is 2.21. The van der Waals surface area contributed by atoms with Crippen LogP contribution < -0.4 is 5.32 Å². The lowest BCUT2D eigenvalue weighted by atomic mass is 10.2. The first kappa shape index (κ1) is 14.8. The molecule has 1 aromatic carbocycles. The summed E-state index contributed by atoms with van der Waals surface area (Å²) in [5.74, 6) is 0.257. The van der Waals surface area contributed by atoms with Crippen molar-refractivity contribution in [2.45, 2.75) is 6.54 Å². The molecule has 0 saturated heterocycles. The average molecular weight is 337 g/mol. The van der Waals surface area contributed by atoms with Crippen LogP contribution in [-0.4, -0.2) is 14.5 Å². The highest BCUT2D eigenvalue weighted by atomic mass is 35.5. The molecule has 0 amide bonds. The number of aromatic nitrogens is 3. The summed E-state index contributed by atoms with van der Waals surface area (Å²) >= 11 is 11.7. The van der Waals surface area contributed by atoms with Gasteiger partial charge in [0.1, 0.15) is 16.8 Å². The minimum atomic E-state index is -0.320. The summed E-state index contributed by atoms with van der Waals surface area (Å²) in [6.07, 6.45) is 4.84. The number of hydrogen-bond acceptors (Lipinski definition) is 3. The van der Waals surface area contributed by atoms with Crippen LogP contribution in [0.15, 0.2) is 49.1 Å². The Labute approximate surface area is 136 Å². The van der Waals surface area contributed by atoms with Gasteiger partial charge in [-0.15, -0.1) is 0 Å². The number of pyridine rings is 1. The molecule has 112 valence electrons. The summed E-state index contributed by atoms with van der Waals surface area (Å²) in [6, 6.07) is 8.38. The Morgan fingerprint density at radius 1 is 1.18 bits per heavy atom. The van der Waals surface area contributed by atoms with E-state index >= 15 is 0 Å². The Morgan fingerprint density at radius 2 is 2.05 bits per heavy atom. The van der Waals surface area contributed by atoms with Gasteiger partial charge in [-0.3, -0.25) is 0 Å². The average Bonchev–Trinajstić information content (AvgIpc) is 3.02. The quantitative estimate of drug-likeness (QED) is 0.721. The Kier molecular flexibility index (Phi) is 4.27. The number of rotatable bonds is 4. The van der Waals surface area contributed by atoms with E-state index in [0.717, 1.165) is 5.56 Å². The van der Waals surface area contributed by atoms with Crippen LogP contribution in [0.1, 0.15) is 5.56 Å². The summed E-state index contributed by atoms with van der Waals surface area (Å²) in [7, 11) is 0. The molecule has 0 spiro atoms. The maximum atomic E-state index is 14.1. The number of nitrogens with one attached hydrogen (secondary N) is 1. The van der Waals surface area contributed by atoms with Crippen LogP contribution in [0.2, 0.25) is 10.2 Å². The van der Waals surface area contributed by atoms with Gasteiger partial charge in [0.2, 0.25) is 0 Å². The summed E-state index contributed by atoms with van der Waals surface area (Å²) < 4.78 is 15.7. The van der Waals surface area contributed by atoms with E-state index in [2.05, 4.69) is 15.3 Å². The SMILES string of the molecule is Fc1cc(CNc2ccc(Cl)c(Cl)n2)ccc1-n1ccnc1. The third-order valence-electron chi connectivity index (χ3n) is 3.07. The molecule has 0 fully saturated rings. The molecular weight excluding hydrogens is 326 g/mol. The largest absolute Gasteiger partial charge is 0.366 e. The highest BCUT2D eigenvalue weighted by Gasteiger charge is 2.06. The second-order valence-electron chi connectivity index (χ2n) is 4.58. The van der Waals surface area contributed by atoms with Crippen molar-refractivity contribution in [2.75, 3.05) is 5.32 Å². The molecule has 0 aliphatic carbocycles. The summed E-state index contributed by atoms with van der Waals surface area (Å²) in [5.41, 5.74) is 1.24. The fourth-order valence-corrected chi connectivity index (χ4v) is 2.24. The van der Waals surface area contributed by atoms with Gasteiger partial charge in [-0.05, 0) is 29.8 Å². The topological polar surface area (TPSA) is 42.7 Å². The number of anilines is 1. The van der Waals surface area contributed by atoms with Crippen molar-refractivity contribution in [3.63, 3.8) is 0 Å². The van der Waals surface area contributed by atoms with Gasteiger partial charge in [0.15, 0.2) is 0 Å². The van der Waals surface area contributed by atoms with Gasteiger partial charge < -0.3 is 9.88 Å². The lowest BCUT2D eigenvalue weighted by molar-refractivity contribution is 0.616. The van der Waals surface area contributed by atoms with E-state index in [1.165, 1.54) is 6.07 Å². The van der Waals surface area contributed by atoms with Gasteiger partial charge in [0, 0.05) is 18.9 Å². The smallest absolute Gasteiger partial charge is 0.150 e. The number of halogens is 3. The first-order valence-corrected chi connectivity index (χ1v) is 7.22. The Morgan fingerprint density at radius 3 is 2.73 bits per heavy atom. The molecule has 0 aliphatic rings. The Bertz CT molecular complexity index is 790. The molecule has 4 nitrogen and oxygen atoms in total. The predicted octanol–water partition coefficient (Wildman–Crippen LogP) is 4.33.